The van der Waals surface area contributed by atoms with Gasteiger partial charge in [-0.1, -0.05) is 0 Å². The number of aromatic amines is 1. The van der Waals surface area contributed by atoms with Gasteiger partial charge in [0, 0.05) is 18.3 Å². The number of pyridine rings is 2. The van der Waals surface area contributed by atoms with E-state index in [0.717, 1.165) is 0 Å². The van der Waals surface area contributed by atoms with Crippen LogP contribution in [0.5, 0.6) is 17.4 Å². The highest BCUT2D eigenvalue weighted by Gasteiger charge is 2.21. The molecule has 3 aromatic heterocycles. The molecule has 0 aliphatic carbocycles. The first kappa shape index (κ1) is 13.9. The highest BCUT2D eigenvalue weighted by Crippen LogP contribution is 2.34. The largest absolute Gasteiger partial charge is 0.481 e. The molecule has 0 fully saturated rings. The zero-order valence-electron chi connectivity index (χ0n) is 12.1. The average molecular weight is 332 g/mol. The molecule has 4 heterocycles. The number of hydrogen-bond acceptors (Lipinski definition) is 7. The van der Waals surface area contributed by atoms with Gasteiger partial charge in [0.15, 0.2) is 22.3 Å². The maximum Gasteiger partial charge on any atom is 0.231 e. The van der Waals surface area contributed by atoms with Crippen molar-refractivity contribution >= 4 is 22.0 Å². The summed E-state index contributed by atoms with van der Waals surface area (Å²) in [6, 6.07) is 5.21. The van der Waals surface area contributed by atoms with Gasteiger partial charge in [-0.05, 0) is 6.07 Å². The van der Waals surface area contributed by atoms with Crippen molar-refractivity contribution in [1.29, 1.82) is 0 Å². The molecule has 3 aromatic rings. The summed E-state index contributed by atoms with van der Waals surface area (Å²) in [5.41, 5.74) is 1.72. The molecule has 0 saturated carbocycles. The third kappa shape index (κ3) is 2.48. The number of rotatable bonds is 4. The molecule has 0 amide bonds. The zero-order chi connectivity index (χ0) is 15.8. The molecule has 0 aromatic carbocycles. The number of fused-ring (bicyclic) bond motifs is 2. The molecule has 1 atom stereocenters. The smallest absolute Gasteiger partial charge is 0.231 e. The van der Waals surface area contributed by atoms with Crippen LogP contribution in [0, 0.1) is 0 Å². The minimum atomic E-state index is -1.41. The molecule has 1 aliphatic rings. The van der Waals surface area contributed by atoms with E-state index in [4.69, 9.17) is 14.2 Å². The topological polar surface area (TPSA) is 99.2 Å². The fourth-order valence-electron chi connectivity index (χ4n) is 2.26. The van der Waals surface area contributed by atoms with Crippen molar-refractivity contribution in [3.63, 3.8) is 0 Å². The molecule has 118 valence electrons. The molecule has 0 bridgehead atoms. The molecule has 23 heavy (non-hydrogen) atoms. The van der Waals surface area contributed by atoms with Gasteiger partial charge in [0.25, 0.3) is 0 Å². The third-order valence-electron chi connectivity index (χ3n) is 3.35. The van der Waals surface area contributed by atoms with E-state index in [9.17, 15) is 4.21 Å². The SMILES string of the molecule is COc1ccc2[nH]c(S(=O)Cc3nccc4c3OCO4)nc2n1. The van der Waals surface area contributed by atoms with Gasteiger partial charge >= 0.3 is 0 Å². The lowest BCUT2D eigenvalue weighted by Crippen LogP contribution is -2.02. The van der Waals surface area contributed by atoms with Crippen LogP contribution >= 0.6 is 0 Å². The molecule has 8 nitrogen and oxygen atoms in total. The van der Waals surface area contributed by atoms with E-state index < -0.39 is 10.8 Å². The van der Waals surface area contributed by atoms with Crippen LogP contribution in [-0.2, 0) is 16.6 Å². The fraction of sp³-hybridized carbons (Fsp3) is 0.214. The van der Waals surface area contributed by atoms with Crippen molar-refractivity contribution in [3.8, 4) is 17.4 Å². The average Bonchev–Trinajstić information content (AvgIpc) is 3.21. The van der Waals surface area contributed by atoms with E-state index in [1.807, 2.05) is 0 Å². The van der Waals surface area contributed by atoms with Crippen LogP contribution in [0.4, 0.5) is 0 Å². The number of H-pyrrole nitrogens is 1. The predicted molar refractivity (Wildman–Crippen MR) is 80.9 cm³/mol. The number of imidazole rings is 1. The first-order valence-corrected chi connectivity index (χ1v) is 8.09. The van der Waals surface area contributed by atoms with Gasteiger partial charge in [0.05, 0.1) is 34.9 Å². The molecule has 9 heteroatoms. The van der Waals surface area contributed by atoms with Gasteiger partial charge < -0.3 is 19.2 Å². The van der Waals surface area contributed by atoms with Gasteiger partial charge in [0.2, 0.25) is 12.7 Å². The van der Waals surface area contributed by atoms with Gasteiger partial charge in [-0.25, -0.2) is 4.98 Å². The van der Waals surface area contributed by atoms with E-state index in [2.05, 4.69) is 19.9 Å². The standard InChI is InChI=1S/C14H12N4O4S/c1-20-11-3-2-8-13(17-11)18-14(16-8)23(19)6-9-12-10(4-5-15-9)21-7-22-12/h2-5H,6-7H2,1H3,(H,16,17,18). The lowest BCUT2D eigenvalue weighted by atomic mass is 10.3. The van der Waals surface area contributed by atoms with Crippen molar-refractivity contribution in [2.45, 2.75) is 10.9 Å². The Hall–Kier alpha value is -2.68. The fourth-order valence-corrected chi connectivity index (χ4v) is 3.26. The van der Waals surface area contributed by atoms with Crippen LogP contribution in [0.1, 0.15) is 5.69 Å². The monoisotopic (exact) mass is 332 g/mol. The van der Waals surface area contributed by atoms with Crippen molar-refractivity contribution < 1.29 is 18.4 Å². The molecular weight excluding hydrogens is 320 g/mol. The lowest BCUT2D eigenvalue weighted by molar-refractivity contribution is 0.173. The maximum atomic E-state index is 12.6. The van der Waals surface area contributed by atoms with Crippen LogP contribution < -0.4 is 14.2 Å². The summed E-state index contributed by atoms with van der Waals surface area (Å²) in [6.07, 6.45) is 1.60. The van der Waals surface area contributed by atoms with Crippen molar-refractivity contribution in [2.75, 3.05) is 13.9 Å². The highest BCUT2D eigenvalue weighted by molar-refractivity contribution is 7.84. The number of nitrogens with one attached hydrogen (secondary N) is 1. The maximum absolute atomic E-state index is 12.6. The normalized spacial score (nSPS) is 14.1. The lowest BCUT2D eigenvalue weighted by Gasteiger charge is -2.03. The van der Waals surface area contributed by atoms with E-state index >= 15 is 0 Å². The first-order valence-electron chi connectivity index (χ1n) is 6.77. The molecule has 4 rings (SSSR count). The summed E-state index contributed by atoms with van der Waals surface area (Å²) in [5, 5.41) is 0.332. The molecule has 1 N–H and O–H groups in total. The zero-order valence-corrected chi connectivity index (χ0v) is 12.9. The number of hydrogen-bond donors (Lipinski definition) is 1. The second-order valence-corrected chi connectivity index (χ2v) is 6.11. The molecular formula is C14H12N4O4S. The second-order valence-electron chi connectivity index (χ2n) is 4.75. The highest BCUT2D eigenvalue weighted by atomic mass is 32.2. The van der Waals surface area contributed by atoms with E-state index in [1.165, 1.54) is 7.11 Å². The molecule has 0 radical (unpaired) electrons. The van der Waals surface area contributed by atoms with Gasteiger partial charge in [-0.3, -0.25) is 9.19 Å². The van der Waals surface area contributed by atoms with Gasteiger partial charge in [-0.2, -0.15) is 4.98 Å². The Morgan fingerprint density at radius 1 is 1.30 bits per heavy atom. The Morgan fingerprint density at radius 3 is 3.09 bits per heavy atom. The number of nitrogens with zero attached hydrogens (tertiary/aromatic N) is 3. The molecule has 1 aliphatic heterocycles. The summed E-state index contributed by atoms with van der Waals surface area (Å²) < 4.78 is 28.3. The minimum Gasteiger partial charge on any atom is -0.481 e. The van der Waals surface area contributed by atoms with Crippen molar-refractivity contribution in [2.24, 2.45) is 0 Å². The summed E-state index contributed by atoms with van der Waals surface area (Å²) in [4.78, 5) is 15.7. The Morgan fingerprint density at radius 2 is 2.22 bits per heavy atom. The van der Waals surface area contributed by atoms with Crippen LogP contribution in [0.15, 0.2) is 29.6 Å². The Bertz CT molecular complexity index is 911. The Balaban J connectivity index is 1.63. The van der Waals surface area contributed by atoms with Crippen molar-refractivity contribution in [3.05, 3.63) is 30.1 Å². The number of aromatic nitrogens is 4. The molecule has 0 spiro atoms. The van der Waals surface area contributed by atoms with E-state index in [1.54, 1.807) is 24.4 Å². The van der Waals surface area contributed by atoms with Crippen LogP contribution in [-0.4, -0.2) is 38.0 Å². The number of ether oxygens (including phenoxy) is 3. The molecule has 1 unspecified atom stereocenters. The predicted octanol–water partition coefficient (Wildman–Crippen LogP) is 1.40. The number of methoxy groups -OCH3 is 1. The summed E-state index contributed by atoms with van der Waals surface area (Å²) in [5.74, 6) is 1.78. The van der Waals surface area contributed by atoms with Crippen LogP contribution in [0.2, 0.25) is 0 Å². The van der Waals surface area contributed by atoms with Crippen LogP contribution in [0.3, 0.4) is 0 Å². The Labute approximate surface area is 133 Å². The third-order valence-corrected chi connectivity index (χ3v) is 4.51. The van der Waals surface area contributed by atoms with Gasteiger partial charge in [0.1, 0.15) is 0 Å². The van der Waals surface area contributed by atoms with E-state index in [-0.39, 0.29) is 12.5 Å². The summed E-state index contributed by atoms with van der Waals surface area (Å²) >= 11 is 0. The second kappa shape index (κ2) is 5.51. The minimum absolute atomic E-state index is 0.148. The van der Waals surface area contributed by atoms with Crippen molar-refractivity contribution in [1.82, 2.24) is 19.9 Å². The van der Waals surface area contributed by atoms with Crippen LogP contribution in [0.25, 0.3) is 11.2 Å². The first-order chi connectivity index (χ1) is 11.2. The van der Waals surface area contributed by atoms with E-state index in [0.29, 0.717) is 39.4 Å². The van der Waals surface area contributed by atoms with Gasteiger partial charge in [-0.15, -0.1) is 0 Å². The summed E-state index contributed by atoms with van der Waals surface area (Å²) in [7, 11) is 0.118. The molecule has 0 saturated heterocycles. The summed E-state index contributed by atoms with van der Waals surface area (Å²) in [6.45, 7) is 0.148. The Kier molecular flexibility index (Phi) is 3.34. The quantitative estimate of drug-likeness (QED) is 0.771.